The first-order valence-electron chi connectivity index (χ1n) is 7.26. The van der Waals surface area contributed by atoms with E-state index in [1.807, 2.05) is 0 Å². The van der Waals surface area contributed by atoms with Gasteiger partial charge in [0.05, 0.1) is 5.75 Å². The summed E-state index contributed by atoms with van der Waals surface area (Å²) in [5.41, 5.74) is 0. The van der Waals surface area contributed by atoms with Crippen LogP contribution in [0.4, 0.5) is 0 Å². The molecule has 0 aliphatic heterocycles. The lowest BCUT2D eigenvalue weighted by atomic mass is 10.1. The predicted octanol–water partition coefficient (Wildman–Crippen LogP) is 1.49. The van der Waals surface area contributed by atoms with Crippen molar-refractivity contribution >= 4 is 16.0 Å². The fraction of sp³-hybridized carbons (Fsp3) is 0.923. The zero-order chi connectivity index (χ0) is 15.4. The normalized spacial score (nSPS) is 13.3. The number of hydrogen-bond donors (Lipinski definition) is 3. The van der Waals surface area contributed by atoms with Gasteiger partial charge in [-0.15, -0.1) is 0 Å². The summed E-state index contributed by atoms with van der Waals surface area (Å²) < 4.78 is 25.5. The number of rotatable bonds is 13. The minimum Gasteiger partial charge on any atom is -0.480 e. The third kappa shape index (κ3) is 10.2. The monoisotopic (exact) mass is 309 g/mol. The standard InChI is InChI=1S/C13H27NO5S/c1-2-3-4-5-6-7-8-11-20(18,19)14-12(9-10-15)13(16)17/h12,14-15H,2-11H2,1H3,(H,16,17)/t12-/m0/s1. The average molecular weight is 309 g/mol. The summed E-state index contributed by atoms with van der Waals surface area (Å²) in [7, 11) is -3.59. The summed E-state index contributed by atoms with van der Waals surface area (Å²) in [6.07, 6.45) is 6.94. The molecule has 0 saturated carbocycles. The second kappa shape index (κ2) is 11.0. The minimum absolute atomic E-state index is 0.0595. The highest BCUT2D eigenvalue weighted by Crippen LogP contribution is 2.08. The first kappa shape index (κ1) is 19.3. The van der Waals surface area contributed by atoms with Gasteiger partial charge in [0.25, 0.3) is 0 Å². The number of aliphatic hydroxyl groups excluding tert-OH is 1. The first-order chi connectivity index (χ1) is 9.43. The minimum atomic E-state index is -3.59. The molecule has 0 heterocycles. The molecule has 1 atom stereocenters. The average Bonchev–Trinajstić information content (AvgIpc) is 2.37. The van der Waals surface area contributed by atoms with E-state index in [2.05, 4.69) is 11.6 Å². The fourth-order valence-electron chi connectivity index (χ4n) is 1.89. The van der Waals surface area contributed by atoms with Gasteiger partial charge < -0.3 is 10.2 Å². The van der Waals surface area contributed by atoms with Crippen LogP contribution in [0.25, 0.3) is 0 Å². The molecule has 7 heteroatoms. The van der Waals surface area contributed by atoms with E-state index in [0.29, 0.717) is 6.42 Å². The van der Waals surface area contributed by atoms with Crippen molar-refractivity contribution in [2.75, 3.05) is 12.4 Å². The van der Waals surface area contributed by atoms with Crippen LogP contribution in [-0.4, -0.2) is 43.0 Å². The molecule has 0 unspecified atom stereocenters. The van der Waals surface area contributed by atoms with Crippen molar-refractivity contribution < 1.29 is 23.4 Å². The summed E-state index contributed by atoms with van der Waals surface area (Å²) in [4.78, 5) is 10.8. The maximum absolute atomic E-state index is 11.7. The third-order valence-corrected chi connectivity index (χ3v) is 4.52. The number of carbonyl (C=O) groups is 1. The van der Waals surface area contributed by atoms with Gasteiger partial charge in [0.2, 0.25) is 10.0 Å². The van der Waals surface area contributed by atoms with Crippen LogP contribution in [0.3, 0.4) is 0 Å². The van der Waals surface area contributed by atoms with Gasteiger partial charge in [0.1, 0.15) is 6.04 Å². The number of nitrogens with one attached hydrogen (secondary N) is 1. The zero-order valence-electron chi connectivity index (χ0n) is 12.2. The maximum Gasteiger partial charge on any atom is 0.321 e. The van der Waals surface area contributed by atoms with Crippen LogP contribution in [0, 0.1) is 0 Å². The molecule has 0 aromatic carbocycles. The van der Waals surface area contributed by atoms with Crippen molar-refractivity contribution in [2.24, 2.45) is 0 Å². The Morgan fingerprint density at radius 3 is 2.15 bits per heavy atom. The van der Waals surface area contributed by atoms with Crippen molar-refractivity contribution in [3.63, 3.8) is 0 Å². The zero-order valence-corrected chi connectivity index (χ0v) is 13.0. The molecular weight excluding hydrogens is 282 g/mol. The van der Waals surface area contributed by atoms with E-state index in [9.17, 15) is 13.2 Å². The van der Waals surface area contributed by atoms with E-state index < -0.39 is 22.0 Å². The topological polar surface area (TPSA) is 104 Å². The van der Waals surface area contributed by atoms with Crippen LogP contribution in [0.1, 0.15) is 58.3 Å². The predicted molar refractivity (Wildman–Crippen MR) is 78.0 cm³/mol. The van der Waals surface area contributed by atoms with Gasteiger partial charge in [-0.1, -0.05) is 45.4 Å². The van der Waals surface area contributed by atoms with Crippen LogP contribution in [-0.2, 0) is 14.8 Å². The van der Waals surface area contributed by atoms with Gasteiger partial charge in [-0.25, -0.2) is 13.1 Å². The lowest BCUT2D eigenvalue weighted by Crippen LogP contribution is -2.42. The van der Waals surface area contributed by atoms with E-state index in [0.717, 1.165) is 19.3 Å². The second-order valence-corrected chi connectivity index (χ2v) is 6.83. The highest BCUT2D eigenvalue weighted by atomic mass is 32.2. The molecule has 20 heavy (non-hydrogen) atoms. The van der Waals surface area contributed by atoms with Gasteiger partial charge in [-0.3, -0.25) is 4.79 Å². The molecule has 0 spiro atoms. The summed E-state index contributed by atoms with van der Waals surface area (Å²) in [6, 6.07) is -1.24. The molecule has 0 saturated heterocycles. The number of carboxylic acids is 1. The van der Waals surface area contributed by atoms with E-state index in [-0.39, 0.29) is 18.8 Å². The highest BCUT2D eigenvalue weighted by molar-refractivity contribution is 7.89. The van der Waals surface area contributed by atoms with Crippen molar-refractivity contribution in [2.45, 2.75) is 64.3 Å². The van der Waals surface area contributed by atoms with Crippen molar-refractivity contribution in [3.05, 3.63) is 0 Å². The number of unbranched alkanes of at least 4 members (excludes halogenated alkanes) is 6. The first-order valence-corrected chi connectivity index (χ1v) is 8.92. The molecule has 120 valence electrons. The Morgan fingerprint density at radius 2 is 1.65 bits per heavy atom. The molecule has 0 rings (SSSR count). The van der Waals surface area contributed by atoms with Gasteiger partial charge in [0.15, 0.2) is 0 Å². The van der Waals surface area contributed by atoms with E-state index in [4.69, 9.17) is 10.2 Å². The Kier molecular flexibility index (Phi) is 10.7. The Labute approximate surface area is 121 Å². The summed E-state index contributed by atoms with van der Waals surface area (Å²) in [5, 5.41) is 17.5. The van der Waals surface area contributed by atoms with Crippen LogP contribution in [0.5, 0.6) is 0 Å². The largest absolute Gasteiger partial charge is 0.480 e. The lowest BCUT2D eigenvalue weighted by Gasteiger charge is -2.13. The molecule has 0 aromatic heterocycles. The van der Waals surface area contributed by atoms with E-state index in [1.165, 1.54) is 19.3 Å². The van der Waals surface area contributed by atoms with Crippen molar-refractivity contribution in [1.29, 1.82) is 0 Å². The van der Waals surface area contributed by atoms with Crippen LogP contribution in [0.2, 0.25) is 0 Å². The van der Waals surface area contributed by atoms with Crippen LogP contribution >= 0.6 is 0 Å². The molecule has 0 aliphatic carbocycles. The lowest BCUT2D eigenvalue weighted by molar-refractivity contribution is -0.139. The van der Waals surface area contributed by atoms with Crippen LogP contribution < -0.4 is 4.72 Å². The Bertz CT molecular complexity index is 356. The third-order valence-electron chi connectivity index (χ3n) is 3.05. The molecule has 0 aliphatic rings. The number of aliphatic carboxylic acids is 1. The Balaban J connectivity index is 3.91. The quantitative estimate of drug-likeness (QED) is 0.447. The van der Waals surface area contributed by atoms with Gasteiger partial charge in [-0.2, -0.15) is 0 Å². The van der Waals surface area contributed by atoms with Gasteiger partial charge in [-0.05, 0) is 12.8 Å². The molecule has 0 bridgehead atoms. The smallest absolute Gasteiger partial charge is 0.321 e. The molecular formula is C13H27NO5S. The second-order valence-electron chi connectivity index (χ2n) is 4.96. The van der Waals surface area contributed by atoms with E-state index >= 15 is 0 Å². The molecule has 6 nitrogen and oxygen atoms in total. The van der Waals surface area contributed by atoms with Gasteiger partial charge >= 0.3 is 5.97 Å². The Hall–Kier alpha value is -0.660. The summed E-state index contributed by atoms with van der Waals surface area (Å²) >= 11 is 0. The van der Waals surface area contributed by atoms with Crippen molar-refractivity contribution in [1.82, 2.24) is 4.72 Å². The number of aliphatic hydroxyl groups is 1. The maximum atomic E-state index is 11.7. The molecule has 0 radical (unpaired) electrons. The van der Waals surface area contributed by atoms with E-state index in [1.54, 1.807) is 0 Å². The Morgan fingerprint density at radius 1 is 1.10 bits per heavy atom. The SMILES string of the molecule is CCCCCCCCCS(=O)(=O)N[C@@H](CCO)C(=O)O. The summed E-state index contributed by atoms with van der Waals surface area (Å²) in [6.45, 7) is 1.78. The summed E-state index contributed by atoms with van der Waals surface area (Å²) in [5.74, 6) is -1.32. The van der Waals surface area contributed by atoms with Gasteiger partial charge in [0, 0.05) is 6.61 Å². The van der Waals surface area contributed by atoms with Crippen LogP contribution in [0.15, 0.2) is 0 Å². The number of hydrogen-bond acceptors (Lipinski definition) is 4. The fourth-order valence-corrected chi connectivity index (χ4v) is 3.24. The number of carboxylic acid groups (broad SMARTS) is 1. The molecule has 0 aromatic rings. The molecule has 0 amide bonds. The number of sulfonamides is 1. The highest BCUT2D eigenvalue weighted by Gasteiger charge is 2.22. The molecule has 0 fully saturated rings. The van der Waals surface area contributed by atoms with Crippen molar-refractivity contribution in [3.8, 4) is 0 Å². The molecule has 3 N–H and O–H groups in total.